The molecule has 0 saturated carbocycles. The molecule has 4 rings (SSSR count). The first-order chi connectivity index (χ1) is 15.0. The molecule has 5 nitrogen and oxygen atoms in total. The summed E-state index contributed by atoms with van der Waals surface area (Å²) in [4.78, 5) is 32.7. The molecule has 0 saturated heterocycles. The predicted molar refractivity (Wildman–Crippen MR) is 120 cm³/mol. The molecule has 156 valence electrons. The highest BCUT2D eigenvalue weighted by molar-refractivity contribution is 6.07. The molecule has 0 atom stereocenters. The van der Waals surface area contributed by atoms with Crippen molar-refractivity contribution in [1.29, 1.82) is 0 Å². The molecular formula is C25H22FN3O2. The zero-order valence-electron chi connectivity index (χ0n) is 17.4. The van der Waals surface area contributed by atoms with E-state index in [-0.39, 0.29) is 12.1 Å². The fraction of sp³-hybridized carbons (Fsp3) is 0.160. The number of amides is 1. The lowest BCUT2D eigenvalue weighted by molar-refractivity contribution is 0.0986. The van der Waals surface area contributed by atoms with Gasteiger partial charge in [-0.05, 0) is 55.8 Å². The van der Waals surface area contributed by atoms with E-state index in [2.05, 4.69) is 4.98 Å². The fourth-order valence-electron chi connectivity index (χ4n) is 3.69. The monoisotopic (exact) mass is 415 g/mol. The van der Waals surface area contributed by atoms with Gasteiger partial charge in [0.15, 0.2) is 0 Å². The van der Waals surface area contributed by atoms with Crippen molar-refractivity contribution >= 4 is 22.6 Å². The summed E-state index contributed by atoms with van der Waals surface area (Å²) in [5.41, 5.74) is 2.03. The lowest BCUT2D eigenvalue weighted by atomic mass is 10.1. The molecule has 0 bridgehead atoms. The third-order valence-electron chi connectivity index (χ3n) is 5.24. The average molecular weight is 415 g/mol. The van der Waals surface area contributed by atoms with E-state index >= 15 is 0 Å². The van der Waals surface area contributed by atoms with Crippen molar-refractivity contribution in [2.75, 3.05) is 11.4 Å². The van der Waals surface area contributed by atoms with Crippen LogP contribution in [0.15, 0.2) is 77.7 Å². The molecular weight excluding hydrogens is 393 g/mol. The molecule has 2 aromatic carbocycles. The Hall–Kier alpha value is -3.80. The largest absolute Gasteiger partial charge is 0.308 e. The molecule has 0 fully saturated rings. The lowest BCUT2D eigenvalue weighted by Gasteiger charge is -2.22. The Morgan fingerprint density at radius 1 is 1.06 bits per heavy atom. The highest BCUT2D eigenvalue weighted by Crippen LogP contribution is 2.20. The van der Waals surface area contributed by atoms with Crippen molar-refractivity contribution < 1.29 is 9.18 Å². The summed E-state index contributed by atoms with van der Waals surface area (Å²) < 4.78 is 15.7. The molecule has 6 heteroatoms. The van der Waals surface area contributed by atoms with Crippen LogP contribution in [-0.2, 0) is 6.54 Å². The third-order valence-corrected chi connectivity index (χ3v) is 5.24. The molecule has 2 heterocycles. The third kappa shape index (κ3) is 3.97. The maximum atomic E-state index is 14.3. The first-order valence-electron chi connectivity index (χ1n) is 10.1. The molecule has 0 unspecified atom stereocenters. The summed E-state index contributed by atoms with van der Waals surface area (Å²) >= 11 is 0. The second kappa shape index (κ2) is 8.52. The van der Waals surface area contributed by atoms with Crippen LogP contribution in [0, 0.1) is 12.7 Å². The molecule has 0 aliphatic heterocycles. The molecule has 31 heavy (non-hydrogen) atoms. The van der Waals surface area contributed by atoms with Crippen LogP contribution in [0.5, 0.6) is 0 Å². The summed E-state index contributed by atoms with van der Waals surface area (Å²) in [7, 11) is 0. The number of nitrogens with zero attached hydrogens (tertiary/aromatic N) is 3. The van der Waals surface area contributed by atoms with E-state index in [0.717, 1.165) is 11.3 Å². The topological polar surface area (TPSA) is 55.2 Å². The number of carbonyl (C=O) groups excluding carboxylic acids is 1. The van der Waals surface area contributed by atoms with E-state index in [4.69, 9.17) is 0 Å². The molecule has 0 spiro atoms. The number of aromatic nitrogens is 2. The van der Waals surface area contributed by atoms with Crippen LogP contribution in [0.25, 0.3) is 11.0 Å². The van der Waals surface area contributed by atoms with Gasteiger partial charge < -0.3 is 4.90 Å². The standard InChI is InChI=1S/C25H22FN3O2/c1-3-28(20-11-6-8-17(2)14-20)24(30)21-15-18-10-7-13-27-23(18)29(25(21)31)16-19-9-4-5-12-22(19)26/h4-15H,3,16H2,1-2H3. The number of rotatable bonds is 5. The summed E-state index contributed by atoms with van der Waals surface area (Å²) in [6, 6.07) is 19.0. The number of hydrogen-bond donors (Lipinski definition) is 0. The van der Waals surface area contributed by atoms with Crippen molar-refractivity contribution in [3.05, 3.63) is 106 Å². The van der Waals surface area contributed by atoms with Crippen molar-refractivity contribution in [2.45, 2.75) is 20.4 Å². The van der Waals surface area contributed by atoms with E-state index in [0.29, 0.717) is 23.1 Å². The number of benzene rings is 2. The molecule has 2 aromatic heterocycles. The van der Waals surface area contributed by atoms with Gasteiger partial charge >= 0.3 is 0 Å². The molecule has 0 N–H and O–H groups in total. The molecule has 0 aliphatic rings. The van der Waals surface area contributed by atoms with Gasteiger partial charge in [-0.2, -0.15) is 0 Å². The maximum absolute atomic E-state index is 14.3. The fourth-order valence-corrected chi connectivity index (χ4v) is 3.69. The number of aryl methyl sites for hydroxylation is 1. The zero-order valence-corrected chi connectivity index (χ0v) is 17.4. The number of anilines is 1. The van der Waals surface area contributed by atoms with Crippen LogP contribution in [0.4, 0.5) is 10.1 Å². The predicted octanol–water partition coefficient (Wildman–Crippen LogP) is 4.56. The van der Waals surface area contributed by atoms with E-state index in [1.807, 2.05) is 38.1 Å². The summed E-state index contributed by atoms with van der Waals surface area (Å²) in [5, 5.41) is 0.641. The van der Waals surface area contributed by atoms with Crippen LogP contribution < -0.4 is 10.5 Å². The minimum Gasteiger partial charge on any atom is -0.308 e. The van der Waals surface area contributed by atoms with Crippen LogP contribution in [0.2, 0.25) is 0 Å². The summed E-state index contributed by atoms with van der Waals surface area (Å²) in [6.45, 7) is 4.20. The Balaban J connectivity index is 1.87. The van der Waals surface area contributed by atoms with Gasteiger partial charge in [0.1, 0.15) is 17.0 Å². The Labute approximate surface area is 179 Å². The molecule has 0 aliphatic carbocycles. The van der Waals surface area contributed by atoms with Gasteiger partial charge in [-0.3, -0.25) is 14.2 Å². The Kier molecular flexibility index (Phi) is 5.62. The Morgan fingerprint density at radius 3 is 2.61 bits per heavy atom. The van der Waals surface area contributed by atoms with Crippen LogP contribution in [-0.4, -0.2) is 22.0 Å². The summed E-state index contributed by atoms with van der Waals surface area (Å²) in [6.07, 6.45) is 1.58. The van der Waals surface area contributed by atoms with Crippen LogP contribution in [0.3, 0.4) is 0 Å². The Bertz CT molecular complexity index is 1330. The Morgan fingerprint density at radius 2 is 1.87 bits per heavy atom. The first-order valence-corrected chi connectivity index (χ1v) is 10.1. The van der Waals surface area contributed by atoms with Crippen molar-refractivity contribution in [1.82, 2.24) is 9.55 Å². The minimum atomic E-state index is -0.495. The van der Waals surface area contributed by atoms with Crippen LogP contribution >= 0.6 is 0 Å². The van der Waals surface area contributed by atoms with Gasteiger partial charge in [-0.15, -0.1) is 0 Å². The average Bonchev–Trinajstić information content (AvgIpc) is 2.77. The number of pyridine rings is 2. The molecule has 0 radical (unpaired) electrons. The maximum Gasteiger partial charge on any atom is 0.265 e. The van der Waals surface area contributed by atoms with Gasteiger partial charge in [0.2, 0.25) is 0 Å². The first kappa shape index (κ1) is 20.5. The lowest BCUT2D eigenvalue weighted by Crippen LogP contribution is -2.37. The number of hydrogen-bond acceptors (Lipinski definition) is 3. The van der Waals surface area contributed by atoms with Gasteiger partial charge in [0.25, 0.3) is 11.5 Å². The van der Waals surface area contributed by atoms with Crippen molar-refractivity contribution in [3.8, 4) is 0 Å². The zero-order chi connectivity index (χ0) is 22.0. The molecule has 1 amide bonds. The van der Waals surface area contributed by atoms with E-state index in [1.54, 1.807) is 47.5 Å². The van der Waals surface area contributed by atoms with Gasteiger partial charge in [-0.1, -0.05) is 30.3 Å². The van der Waals surface area contributed by atoms with Gasteiger partial charge in [0, 0.05) is 29.4 Å². The number of carbonyl (C=O) groups is 1. The number of halogens is 1. The van der Waals surface area contributed by atoms with E-state index < -0.39 is 17.3 Å². The van der Waals surface area contributed by atoms with Gasteiger partial charge in [-0.25, -0.2) is 9.37 Å². The summed E-state index contributed by atoms with van der Waals surface area (Å²) in [5.74, 6) is -0.809. The van der Waals surface area contributed by atoms with Crippen LogP contribution in [0.1, 0.15) is 28.4 Å². The van der Waals surface area contributed by atoms with Gasteiger partial charge in [0.05, 0.1) is 6.54 Å². The quantitative estimate of drug-likeness (QED) is 0.480. The van der Waals surface area contributed by atoms with E-state index in [9.17, 15) is 14.0 Å². The highest BCUT2D eigenvalue weighted by Gasteiger charge is 2.22. The SMILES string of the molecule is CCN(C(=O)c1cc2cccnc2n(Cc2ccccc2F)c1=O)c1cccc(C)c1. The molecule has 4 aromatic rings. The smallest absolute Gasteiger partial charge is 0.265 e. The van der Waals surface area contributed by atoms with Crippen molar-refractivity contribution in [3.63, 3.8) is 0 Å². The number of fused-ring (bicyclic) bond motifs is 1. The highest BCUT2D eigenvalue weighted by atomic mass is 19.1. The normalized spacial score (nSPS) is 10.9. The second-order valence-corrected chi connectivity index (χ2v) is 7.35. The minimum absolute atomic E-state index is 0.0172. The van der Waals surface area contributed by atoms with Crippen molar-refractivity contribution in [2.24, 2.45) is 0 Å². The second-order valence-electron chi connectivity index (χ2n) is 7.35. The van der Waals surface area contributed by atoms with E-state index in [1.165, 1.54) is 10.6 Å².